The highest BCUT2D eigenvalue weighted by Gasteiger charge is 2.27. The Kier molecular flexibility index (Phi) is 5.24. The van der Waals surface area contributed by atoms with Crippen LogP contribution in [0.1, 0.15) is 35.5 Å². The van der Waals surface area contributed by atoms with Crippen LogP contribution in [-0.4, -0.2) is 35.8 Å². The SMILES string of the molecule is COc1cc2c(cc1OC)CN([C@@H](C)c1nc(-c3ccc(C)c(F)c3)no1)CC2. The van der Waals surface area contributed by atoms with Crippen molar-refractivity contribution in [1.29, 1.82) is 0 Å². The Hall–Kier alpha value is -2.93. The molecule has 0 radical (unpaired) electrons. The molecule has 7 heteroatoms. The Balaban J connectivity index is 1.54. The highest BCUT2D eigenvalue weighted by atomic mass is 19.1. The third-order valence-corrected chi connectivity index (χ3v) is 5.52. The average molecular weight is 397 g/mol. The van der Waals surface area contributed by atoms with Crippen molar-refractivity contribution in [1.82, 2.24) is 15.0 Å². The van der Waals surface area contributed by atoms with Gasteiger partial charge in [0.2, 0.25) is 11.7 Å². The Morgan fingerprint density at radius 2 is 1.83 bits per heavy atom. The third kappa shape index (κ3) is 3.70. The number of ether oxygens (including phenoxy) is 2. The first kappa shape index (κ1) is 19.4. The van der Waals surface area contributed by atoms with E-state index in [9.17, 15) is 4.39 Å². The van der Waals surface area contributed by atoms with Gasteiger partial charge in [0.15, 0.2) is 11.5 Å². The number of fused-ring (bicyclic) bond motifs is 1. The molecule has 0 saturated heterocycles. The number of halogens is 1. The van der Waals surface area contributed by atoms with Gasteiger partial charge in [-0.3, -0.25) is 4.90 Å². The maximum Gasteiger partial charge on any atom is 0.244 e. The number of hydrogen-bond donors (Lipinski definition) is 0. The summed E-state index contributed by atoms with van der Waals surface area (Å²) in [5.41, 5.74) is 3.65. The minimum Gasteiger partial charge on any atom is -0.493 e. The summed E-state index contributed by atoms with van der Waals surface area (Å²) in [6.45, 7) is 5.37. The van der Waals surface area contributed by atoms with Gasteiger partial charge < -0.3 is 14.0 Å². The van der Waals surface area contributed by atoms with E-state index in [2.05, 4.69) is 15.0 Å². The molecule has 0 fully saturated rings. The maximum absolute atomic E-state index is 13.9. The molecule has 0 amide bonds. The van der Waals surface area contributed by atoms with E-state index in [0.717, 1.165) is 31.0 Å². The molecule has 0 N–H and O–H groups in total. The van der Waals surface area contributed by atoms with E-state index in [0.29, 0.717) is 22.8 Å². The first-order valence-electron chi connectivity index (χ1n) is 9.58. The van der Waals surface area contributed by atoms with E-state index in [1.165, 1.54) is 17.2 Å². The standard InChI is InChI=1S/C22H24FN3O3/c1-13-5-6-16(9-18(13)23)21-24-22(29-25-21)14(2)26-8-7-15-10-19(27-3)20(28-4)11-17(15)12-26/h5-6,9-11,14H,7-8,12H2,1-4H3/t14-/m0/s1. The van der Waals surface area contributed by atoms with Gasteiger partial charge in [0.25, 0.3) is 0 Å². The van der Waals surface area contributed by atoms with Gasteiger partial charge in [0, 0.05) is 18.7 Å². The fraction of sp³-hybridized carbons (Fsp3) is 0.364. The normalized spacial score (nSPS) is 15.1. The van der Waals surface area contributed by atoms with Gasteiger partial charge in [0.1, 0.15) is 5.82 Å². The lowest BCUT2D eigenvalue weighted by atomic mass is 9.97. The van der Waals surface area contributed by atoms with Gasteiger partial charge >= 0.3 is 0 Å². The van der Waals surface area contributed by atoms with Gasteiger partial charge in [0.05, 0.1) is 20.3 Å². The predicted octanol–water partition coefficient (Wildman–Crippen LogP) is 4.32. The number of hydrogen-bond acceptors (Lipinski definition) is 6. The molecule has 0 aliphatic carbocycles. The molecule has 0 saturated carbocycles. The lowest BCUT2D eigenvalue weighted by Gasteiger charge is -2.32. The molecular formula is C22H24FN3O3. The van der Waals surface area contributed by atoms with E-state index in [-0.39, 0.29) is 11.9 Å². The lowest BCUT2D eigenvalue weighted by Crippen LogP contribution is -2.33. The summed E-state index contributed by atoms with van der Waals surface area (Å²) >= 11 is 0. The summed E-state index contributed by atoms with van der Waals surface area (Å²) in [4.78, 5) is 6.79. The molecular weight excluding hydrogens is 373 g/mol. The molecule has 1 atom stereocenters. The molecule has 1 aliphatic rings. The van der Waals surface area contributed by atoms with Crippen LogP contribution in [0, 0.1) is 12.7 Å². The van der Waals surface area contributed by atoms with E-state index in [1.807, 2.05) is 19.1 Å². The Morgan fingerprint density at radius 3 is 2.52 bits per heavy atom. The third-order valence-electron chi connectivity index (χ3n) is 5.52. The zero-order valence-corrected chi connectivity index (χ0v) is 17.0. The van der Waals surface area contributed by atoms with Crippen molar-refractivity contribution in [2.24, 2.45) is 0 Å². The highest BCUT2D eigenvalue weighted by molar-refractivity contribution is 5.55. The van der Waals surface area contributed by atoms with Gasteiger partial charge in [-0.1, -0.05) is 17.3 Å². The van der Waals surface area contributed by atoms with Crippen LogP contribution in [0.2, 0.25) is 0 Å². The minimum atomic E-state index is -0.279. The molecule has 0 spiro atoms. The zero-order chi connectivity index (χ0) is 20.5. The number of aryl methyl sites for hydroxylation is 1. The van der Waals surface area contributed by atoms with Crippen molar-refractivity contribution in [3.63, 3.8) is 0 Å². The minimum absolute atomic E-state index is 0.0622. The van der Waals surface area contributed by atoms with Crippen LogP contribution in [0.15, 0.2) is 34.9 Å². The quantitative estimate of drug-likeness (QED) is 0.639. The second-order valence-electron chi connectivity index (χ2n) is 7.29. The van der Waals surface area contributed by atoms with Gasteiger partial charge in [-0.15, -0.1) is 0 Å². The zero-order valence-electron chi connectivity index (χ0n) is 17.0. The molecule has 4 rings (SSSR count). The van der Waals surface area contributed by atoms with Gasteiger partial charge in [-0.05, 0) is 55.2 Å². The van der Waals surface area contributed by atoms with Crippen molar-refractivity contribution >= 4 is 0 Å². The smallest absolute Gasteiger partial charge is 0.244 e. The van der Waals surface area contributed by atoms with Crippen molar-refractivity contribution < 1.29 is 18.4 Å². The number of rotatable bonds is 5. The number of nitrogens with zero attached hydrogens (tertiary/aromatic N) is 3. The molecule has 2 heterocycles. The predicted molar refractivity (Wildman–Crippen MR) is 107 cm³/mol. The van der Waals surface area contributed by atoms with Crippen molar-refractivity contribution in [2.75, 3.05) is 20.8 Å². The average Bonchev–Trinajstić information content (AvgIpc) is 3.24. The Morgan fingerprint density at radius 1 is 1.10 bits per heavy atom. The molecule has 29 heavy (non-hydrogen) atoms. The second-order valence-corrected chi connectivity index (χ2v) is 7.29. The number of methoxy groups -OCH3 is 2. The lowest BCUT2D eigenvalue weighted by molar-refractivity contribution is 0.157. The molecule has 152 valence electrons. The Bertz CT molecular complexity index is 1030. The second kappa shape index (κ2) is 7.83. The van der Waals surface area contributed by atoms with E-state index >= 15 is 0 Å². The first-order valence-corrected chi connectivity index (χ1v) is 9.58. The largest absolute Gasteiger partial charge is 0.493 e. The summed E-state index contributed by atoms with van der Waals surface area (Å²) in [6, 6.07) is 8.97. The highest BCUT2D eigenvalue weighted by Crippen LogP contribution is 2.35. The monoisotopic (exact) mass is 397 g/mol. The van der Waals surface area contributed by atoms with Crippen LogP contribution in [-0.2, 0) is 13.0 Å². The van der Waals surface area contributed by atoms with Crippen LogP contribution in [0.5, 0.6) is 11.5 Å². The van der Waals surface area contributed by atoms with Crippen molar-refractivity contribution in [2.45, 2.75) is 32.9 Å². The number of aromatic nitrogens is 2. The molecule has 0 bridgehead atoms. The van der Waals surface area contributed by atoms with Crippen LogP contribution in [0.3, 0.4) is 0 Å². The summed E-state index contributed by atoms with van der Waals surface area (Å²) < 4.78 is 30.2. The number of benzene rings is 2. The van der Waals surface area contributed by atoms with Crippen LogP contribution < -0.4 is 9.47 Å². The fourth-order valence-corrected chi connectivity index (χ4v) is 3.65. The van der Waals surface area contributed by atoms with Gasteiger partial charge in [-0.25, -0.2) is 4.39 Å². The van der Waals surface area contributed by atoms with Gasteiger partial charge in [-0.2, -0.15) is 4.98 Å². The summed E-state index contributed by atoms with van der Waals surface area (Å²) in [7, 11) is 3.29. The van der Waals surface area contributed by atoms with Crippen LogP contribution in [0.25, 0.3) is 11.4 Å². The molecule has 1 aromatic heterocycles. The molecule has 0 unspecified atom stereocenters. The molecule has 1 aliphatic heterocycles. The fourth-order valence-electron chi connectivity index (χ4n) is 3.65. The van der Waals surface area contributed by atoms with Crippen LogP contribution in [0.4, 0.5) is 4.39 Å². The van der Waals surface area contributed by atoms with Crippen LogP contribution >= 0.6 is 0 Å². The van der Waals surface area contributed by atoms with Crippen molar-refractivity contribution in [3.05, 3.63) is 58.7 Å². The molecule has 2 aromatic carbocycles. The Labute approximate surface area is 169 Å². The van der Waals surface area contributed by atoms with E-state index in [1.54, 1.807) is 33.3 Å². The topological polar surface area (TPSA) is 60.6 Å². The summed E-state index contributed by atoms with van der Waals surface area (Å²) in [5.74, 6) is 2.11. The molecule has 3 aromatic rings. The summed E-state index contributed by atoms with van der Waals surface area (Å²) in [5, 5.41) is 4.05. The maximum atomic E-state index is 13.9. The first-order chi connectivity index (χ1) is 14.0. The van der Waals surface area contributed by atoms with E-state index < -0.39 is 0 Å². The summed E-state index contributed by atoms with van der Waals surface area (Å²) in [6.07, 6.45) is 0.893. The van der Waals surface area contributed by atoms with Crippen molar-refractivity contribution in [3.8, 4) is 22.9 Å². The van der Waals surface area contributed by atoms with E-state index in [4.69, 9.17) is 14.0 Å². The molecule has 6 nitrogen and oxygen atoms in total.